The monoisotopic (exact) mass is 300 g/mol. The molecule has 1 heterocycles. The SMILES string of the molecule is CC(NC(=O)c1ccc2c(c1)NCC2)c1ccc(Cl)cc1. The summed E-state index contributed by atoms with van der Waals surface area (Å²) < 4.78 is 0. The van der Waals surface area contributed by atoms with Gasteiger partial charge in [-0.3, -0.25) is 4.79 Å². The number of hydrogen-bond donors (Lipinski definition) is 2. The van der Waals surface area contributed by atoms with E-state index in [4.69, 9.17) is 11.6 Å². The van der Waals surface area contributed by atoms with Crippen molar-refractivity contribution < 1.29 is 4.79 Å². The third-order valence-corrected chi connectivity index (χ3v) is 4.05. The molecule has 1 aliphatic heterocycles. The van der Waals surface area contributed by atoms with E-state index >= 15 is 0 Å². The number of carbonyl (C=O) groups is 1. The first-order valence-corrected chi connectivity index (χ1v) is 7.44. The zero-order chi connectivity index (χ0) is 14.8. The highest BCUT2D eigenvalue weighted by atomic mass is 35.5. The van der Waals surface area contributed by atoms with Crippen LogP contribution in [0, 0.1) is 0 Å². The Morgan fingerprint density at radius 2 is 2.00 bits per heavy atom. The molecular formula is C17H17ClN2O. The maximum absolute atomic E-state index is 12.3. The highest BCUT2D eigenvalue weighted by molar-refractivity contribution is 6.30. The largest absolute Gasteiger partial charge is 0.384 e. The van der Waals surface area contributed by atoms with Gasteiger partial charge in [0, 0.05) is 22.8 Å². The second kappa shape index (κ2) is 5.78. The van der Waals surface area contributed by atoms with Crippen LogP contribution in [0.5, 0.6) is 0 Å². The van der Waals surface area contributed by atoms with Crippen molar-refractivity contribution in [2.75, 3.05) is 11.9 Å². The number of benzene rings is 2. The van der Waals surface area contributed by atoms with E-state index in [9.17, 15) is 4.79 Å². The zero-order valence-electron chi connectivity index (χ0n) is 11.8. The number of halogens is 1. The van der Waals surface area contributed by atoms with Crippen LogP contribution in [0.3, 0.4) is 0 Å². The molecule has 0 saturated heterocycles. The van der Waals surface area contributed by atoms with E-state index in [0.717, 1.165) is 24.2 Å². The van der Waals surface area contributed by atoms with Gasteiger partial charge >= 0.3 is 0 Å². The number of nitrogens with one attached hydrogen (secondary N) is 2. The maximum Gasteiger partial charge on any atom is 0.251 e. The number of hydrogen-bond acceptors (Lipinski definition) is 2. The molecule has 3 rings (SSSR count). The lowest BCUT2D eigenvalue weighted by Gasteiger charge is -2.15. The molecule has 0 radical (unpaired) electrons. The van der Waals surface area contributed by atoms with Gasteiger partial charge in [0.25, 0.3) is 5.91 Å². The molecule has 108 valence electrons. The van der Waals surface area contributed by atoms with Gasteiger partial charge in [-0.05, 0) is 48.7 Å². The fraction of sp³-hybridized carbons (Fsp3) is 0.235. The van der Waals surface area contributed by atoms with Gasteiger partial charge in [-0.1, -0.05) is 29.8 Å². The van der Waals surface area contributed by atoms with Gasteiger partial charge < -0.3 is 10.6 Å². The summed E-state index contributed by atoms with van der Waals surface area (Å²) in [5.41, 5.74) is 4.06. The van der Waals surface area contributed by atoms with Gasteiger partial charge in [0.1, 0.15) is 0 Å². The molecule has 3 nitrogen and oxygen atoms in total. The Morgan fingerprint density at radius 3 is 2.76 bits per heavy atom. The minimum atomic E-state index is -0.0612. The van der Waals surface area contributed by atoms with Gasteiger partial charge in [-0.15, -0.1) is 0 Å². The summed E-state index contributed by atoms with van der Waals surface area (Å²) in [5.74, 6) is -0.0612. The summed E-state index contributed by atoms with van der Waals surface area (Å²) in [4.78, 5) is 12.3. The second-order valence-electron chi connectivity index (χ2n) is 5.30. The molecule has 2 aromatic rings. The molecule has 1 unspecified atom stereocenters. The van der Waals surface area contributed by atoms with Crippen LogP contribution in [0.15, 0.2) is 42.5 Å². The first kappa shape index (κ1) is 14.0. The lowest BCUT2D eigenvalue weighted by Crippen LogP contribution is -2.26. The second-order valence-corrected chi connectivity index (χ2v) is 5.73. The quantitative estimate of drug-likeness (QED) is 0.905. The predicted molar refractivity (Wildman–Crippen MR) is 86.0 cm³/mol. The number of carbonyl (C=O) groups excluding carboxylic acids is 1. The highest BCUT2D eigenvalue weighted by Crippen LogP contribution is 2.23. The van der Waals surface area contributed by atoms with E-state index in [1.165, 1.54) is 5.56 Å². The summed E-state index contributed by atoms with van der Waals surface area (Å²) in [6.07, 6.45) is 1.03. The maximum atomic E-state index is 12.3. The van der Waals surface area contributed by atoms with E-state index < -0.39 is 0 Å². The minimum absolute atomic E-state index is 0.0593. The van der Waals surface area contributed by atoms with Crippen LogP contribution >= 0.6 is 11.6 Å². The van der Waals surface area contributed by atoms with Crippen molar-refractivity contribution in [1.82, 2.24) is 5.32 Å². The molecule has 1 amide bonds. The average Bonchev–Trinajstić information content (AvgIpc) is 2.95. The Bertz CT molecular complexity index is 667. The van der Waals surface area contributed by atoms with E-state index in [0.29, 0.717) is 10.6 Å². The van der Waals surface area contributed by atoms with Crippen LogP contribution < -0.4 is 10.6 Å². The van der Waals surface area contributed by atoms with Crippen LogP contribution in [-0.4, -0.2) is 12.5 Å². The topological polar surface area (TPSA) is 41.1 Å². The third-order valence-electron chi connectivity index (χ3n) is 3.80. The van der Waals surface area contributed by atoms with Crippen molar-refractivity contribution in [3.05, 3.63) is 64.2 Å². The number of rotatable bonds is 3. The standard InChI is InChI=1S/C17H17ClN2O/c1-11(12-4-6-15(18)7-5-12)20-17(21)14-3-2-13-8-9-19-16(13)10-14/h2-7,10-11,19H,8-9H2,1H3,(H,20,21). The van der Waals surface area contributed by atoms with Gasteiger partial charge in [-0.25, -0.2) is 0 Å². The average molecular weight is 301 g/mol. The third kappa shape index (κ3) is 3.03. The van der Waals surface area contributed by atoms with Crippen LogP contribution in [0.2, 0.25) is 5.02 Å². The molecule has 1 atom stereocenters. The van der Waals surface area contributed by atoms with Crippen molar-refractivity contribution in [2.45, 2.75) is 19.4 Å². The van der Waals surface area contributed by atoms with Crippen molar-refractivity contribution in [3.8, 4) is 0 Å². The fourth-order valence-electron chi connectivity index (χ4n) is 2.55. The molecule has 2 N–H and O–H groups in total. The Morgan fingerprint density at radius 1 is 1.24 bits per heavy atom. The summed E-state index contributed by atoms with van der Waals surface area (Å²) in [7, 11) is 0. The van der Waals surface area contributed by atoms with E-state index in [2.05, 4.69) is 10.6 Å². The van der Waals surface area contributed by atoms with Crippen molar-refractivity contribution in [1.29, 1.82) is 0 Å². The molecule has 21 heavy (non-hydrogen) atoms. The summed E-state index contributed by atoms with van der Waals surface area (Å²) >= 11 is 5.88. The Labute approximate surface area is 129 Å². The smallest absolute Gasteiger partial charge is 0.251 e. The Balaban J connectivity index is 1.72. The number of anilines is 1. The first-order valence-electron chi connectivity index (χ1n) is 7.06. The van der Waals surface area contributed by atoms with Crippen LogP contribution in [0.4, 0.5) is 5.69 Å². The zero-order valence-corrected chi connectivity index (χ0v) is 12.6. The highest BCUT2D eigenvalue weighted by Gasteiger charge is 2.15. The molecule has 0 spiro atoms. The molecule has 1 aliphatic rings. The van der Waals surface area contributed by atoms with Gasteiger partial charge in [0.05, 0.1) is 6.04 Å². The van der Waals surface area contributed by atoms with Crippen LogP contribution in [-0.2, 0) is 6.42 Å². The minimum Gasteiger partial charge on any atom is -0.384 e. The van der Waals surface area contributed by atoms with E-state index in [-0.39, 0.29) is 11.9 Å². The fourth-order valence-corrected chi connectivity index (χ4v) is 2.67. The van der Waals surface area contributed by atoms with E-state index in [1.54, 1.807) is 0 Å². The Hall–Kier alpha value is -2.00. The van der Waals surface area contributed by atoms with Crippen molar-refractivity contribution in [2.24, 2.45) is 0 Å². The molecule has 4 heteroatoms. The molecule has 0 aliphatic carbocycles. The normalized spacial score (nSPS) is 14.2. The molecule has 0 aromatic heterocycles. The summed E-state index contributed by atoms with van der Waals surface area (Å²) in [5, 5.41) is 7.00. The molecular weight excluding hydrogens is 284 g/mol. The van der Waals surface area contributed by atoms with Gasteiger partial charge in [0.2, 0.25) is 0 Å². The van der Waals surface area contributed by atoms with Crippen molar-refractivity contribution in [3.63, 3.8) is 0 Å². The Kier molecular flexibility index (Phi) is 3.84. The molecule has 0 fully saturated rings. The van der Waals surface area contributed by atoms with E-state index in [1.807, 2.05) is 49.4 Å². The van der Waals surface area contributed by atoms with Crippen molar-refractivity contribution >= 4 is 23.2 Å². The molecule has 2 aromatic carbocycles. The number of fused-ring (bicyclic) bond motifs is 1. The van der Waals surface area contributed by atoms with Crippen LogP contribution in [0.25, 0.3) is 0 Å². The molecule has 0 saturated carbocycles. The van der Waals surface area contributed by atoms with Gasteiger partial charge in [0.15, 0.2) is 0 Å². The van der Waals surface area contributed by atoms with Gasteiger partial charge in [-0.2, -0.15) is 0 Å². The first-order chi connectivity index (χ1) is 10.1. The lowest BCUT2D eigenvalue weighted by molar-refractivity contribution is 0.0940. The summed E-state index contributed by atoms with van der Waals surface area (Å²) in [6, 6.07) is 13.3. The van der Waals surface area contributed by atoms with Crippen LogP contribution in [0.1, 0.15) is 34.5 Å². The number of amides is 1. The molecule has 0 bridgehead atoms. The lowest BCUT2D eigenvalue weighted by atomic mass is 10.1. The summed E-state index contributed by atoms with van der Waals surface area (Å²) in [6.45, 7) is 2.91. The predicted octanol–water partition coefficient (Wildman–Crippen LogP) is 3.80.